The van der Waals surface area contributed by atoms with E-state index in [1.807, 2.05) is 0 Å². The fraction of sp³-hybridized carbons (Fsp3) is 1.00. The van der Waals surface area contributed by atoms with Gasteiger partial charge in [0.15, 0.2) is 0 Å². The van der Waals surface area contributed by atoms with Crippen LogP contribution in [0.2, 0.25) is 0 Å². The van der Waals surface area contributed by atoms with Gasteiger partial charge in [-0.15, -0.1) is 12.4 Å². The van der Waals surface area contributed by atoms with Crippen molar-refractivity contribution >= 4 is 12.4 Å². The van der Waals surface area contributed by atoms with Crippen LogP contribution in [0.15, 0.2) is 0 Å². The molecule has 0 bridgehead atoms. The standard InChI is InChI=1S/C11H24N2.ClH/c1-9(2,3)11(10(4,5)6)12-7-8-13-11;/h12-13H,7-8H2,1-6H3;1H. The van der Waals surface area contributed by atoms with Crippen LogP contribution >= 0.6 is 12.4 Å². The summed E-state index contributed by atoms with van der Waals surface area (Å²) >= 11 is 0. The molecule has 1 saturated heterocycles. The van der Waals surface area contributed by atoms with Crippen LogP contribution in [0.4, 0.5) is 0 Å². The smallest absolute Gasteiger partial charge is 0.0787 e. The Bertz CT molecular complexity index is 166. The van der Waals surface area contributed by atoms with Crippen LogP contribution < -0.4 is 10.6 Å². The van der Waals surface area contributed by atoms with Gasteiger partial charge in [0.05, 0.1) is 5.66 Å². The first kappa shape index (κ1) is 14.2. The topological polar surface area (TPSA) is 24.1 Å². The zero-order valence-electron chi connectivity index (χ0n) is 10.3. The predicted molar refractivity (Wildman–Crippen MR) is 64.9 cm³/mol. The normalized spacial score (nSPS) is 21.9. The molecule has 0 saturated carbocycles. The summed E-state index contributed by atoms with van der Waals surface area (Å²) in [5, 5.41) is 7.28. The van der Waals surface area contributed by atoms with Gasteiger partial charge in [-0.2, -0.15) is 0 Å². The molecule has 0 spiro atoms. The van der Waals surface area contributed by atoms with Crippen LogP contribution in [0, 0.1) is 10.8 Å². The summed E-state index contributed by atoms with van der Waals surface area (Å²) in [5.74, 6) is 0. The lowest BCUT2D eigenvalue weighted by atomic mass is 9.66. The fourth-order valence-corrected chi connectivity index (χ4v) is 2.75. The maximum absolute atomic E-state index is 3.64. The number of hydrogen-bond acceptors (Lipinski definition) is 2. The van der Waals surface area contributed by atoms with E-state index in [0.29, 0.717) is 0 Å². The maximum atomic E-state index is 3.64. The van der Waals surface area contributed by atoms with Crippen molar-refractivity contribution in [1.29, 1.82) is 0 Å². The first-order valence-corrected chi connectivity index (χ1v) is 5.21. The largest absolute Gasteiger partial charge is 0.297 e. The van der Waals surface area contributed by atoms with Crippen molar-refractivity contribution in [2.24, 2.45) is 10.8 Å². The van der Waals surface area contributed by atoms with Gasteiger partial charge in [-0.1, -0.05) is 41.5 Å². The van der Waals surface area contributed by atoms with Crippen molar-refractivity contribution in [3.8, 4) is 0 Å². The molecule has 1 aliphatic heterocycles. The molecule has 0 aromatic heterocycles. The lowest BCUT2D eigenvalue weighted by Crippen LogP contribution is -2.66. The van der Waals surface area contributed by atoms with E-state index in [2.05, 4.69) is 52.2 Å². The van der Waals surface area contributed by atoms with E-state index in [4.69, 9.17) is 0 Å². The highest BCUT2D eigenvalue weighted by Crippen LogP contribution is 2.42. The van der Waals surface area contributed by atoms with Gasteiger partial charge in [0, 0.05) is 13.1 Å². The Morgan fingerprint density at radius 2 is 1.07 bits per heavy atom. The van der Waals surface area contributed by atoms with Gasteiger partial charge >= 0.3 is 0 Å². The molecular formula is C11H25ClN2. The van der Waals surface area contributed by atoms with Gasteiger partial charge in [-0.3, -0.25) is 10.6 Å². The molecule has 0 radical (unpaired) electrons. The quantitative estimate of drug-likeness (QED) is 0.655. The van der Waals surface area contributed by atoms with E-state index in [9.17, 15) is 0 Å². The molecule has 0 unspecified atom stereocenters. The minimum absolute atomic E-state index is 0. The van der Waals surface area contributed by atoms with E-state index in [0.717, 1.165) is 13.1 Å². The van der Waals surface area contributed by atoms with E-state index in [-0.39, 0.29) is 28.9 Å². The third kappa shape index (κ3) is 2.07. The zero-order chi connectivity index (χ0) is 10.3. The summed E-state index contributed by atoms with van der Waals surface area (Å²) in [5.41, 5.74) is 0.545. The molecule has 14 heavy (non-hydrogen) atoms. The second kappa shape index (κ2) is 3.99. The number of halogens is 1. The molecule has 3 heteroatoms. The molecule has 0 aliphatic carbocycles. The van der Waals surface area contributed by atoms with Crippen LogP contribution in [0.3, 0.4) is 0 Å². The predicted octanol–water partition coefficient (Wildman–Crippen LogP) is 2.39. The van der Waals surface area contributed by atoms with Crippen molar-refractivity contribution in [2.45, 2.75) is 47.2 Å². The third-order valence-corrected chi connectivity index (χ3v) is 3.16. The highest BCUT2D eigenvalue weighted by Gasteiger charge is 2.51. The molecule has 1 heterocycles. The Labute approximate surface area is 94.6 Å². The molecule has 0 atom stereocenters. The first-order valence-electron chi connectivity index (χ1n) is 5.21. The van der Waals surface area contributed by atoms with E-state index >= 15 is 0 Å². The highest BCUT2D eigenvalue weighted by atomic mass is 35.5. The lowest BCUT2D eigenvalue weighted by Gasteiger charge is -2.51. The minimum atomic E-state index is 0. The molecule has 0 aromatic rings. The van der Waals surface area contributed by atoms with Gasteiger partial charge in [0.25, 0.3) is 0 Å². The van der Waals surface area contributed by atoms with Crippen molar-refractivity contribution in [1.82, 2.24) is 10.6 Å². The Kier molecular flexibility index (Phi) is 4.05. The van der Waals surface area contributed by atoms with Gasteiger partial charge in [0.2, 0.25) is 0 Å². The Balaban J connectivity index is 0.00000169. The lowest BCUT2D eigenvalue weighted by molar-refractivity contribution is 0.0188. The molecule has 1 rings (SSSR count). The van der Waals surface area contributed by atoms with Crippen LogP contribution in [0.5, 0.6) is 0 Å². The maximum Gasteiger partial charge on any atom is 0.0787 e. The van der Waals surface area contributed by atoms with E-state index in [1.165, 1.54) is 0 Å². The van der Waals surface area contributed by atoms with Gasteiger partial charge < -0.3 is 0 Å². The monoisotopic (exact) mass is 220 g/mol. The first-order chi connectivity index (χ1) is 5.71. The zero-order valence-corrected chi connectivity index (χ0v) is 11.1. The van der Waals surface area contributed by atoms with E-state index < -0.39 is 0 Å². The summed E-state index contributed by atoms with van der Waals surface area (Å²) in [6.45, 7) is 15.9. The fourth-order valence-electron chi connectivity index (χ4n) is 2.75. The molecular weight excluding hydrogens is 196 g/mol. The summed E-state index contributed by atoms with van der Waals surface area (Å²) in [6, 6.07) is 0. The van der Waals surface area contributed by atoms with Crippen molar-refractivity contribution in [3.05, 3.63) is 0 Å². The highest BCUT2D eigenvalue weighted by molar-refractivity contribution is 5.85. The van der Waals surface area contributed by atoms with Crippen molar-refractivity contribution in [2.75, 3.05) is 13.1 Å². The van der Waals surface area contributed by atoms with Gasteiger partial charge in [-0.05, 0) is 10.8 Å². The second-order valence-electron chi connectivity index (χ2n) is 6.10. The summed E-state index contributed by atoms with van der Waals surface area (Å²) in [6.07, 6.45) is 0. The summed E-state index contributed by atoms with van der Waals surface area (Å²) < 4.78 is 0. The van der Waals surface area contributed by atoms with Crippen LogP contribution in [0.25, 0.3) is 0 Å². The molecule has 0 amide bonds. The van der Waals surface area contributed by atoms with Crippen molar-refractivity contribution < 1.29 is 0 Å². The van der Waals surface area contributed by atoms with Gasteiger partial charge in [-0.25, -0.2) is 0 Å². The summed E-state index contributed by atoms with van der Waals surface area (Å²) in [7, 11) is 0. The number of nitrogens with one attached hydrogen (secondary N) is 2. The third-order valence-electron chi connectivity index (χ3n) is 3.16. The number of hydrogen-bond donors (Lipinski definition) is 2. The molecule has 0 aromatic carbocycles. The van der Waals surface area contributed by atoms with Gasteiger partial charge in [0.1, 0.15) is 0 Å². The Morgan fingerprint density at radius 1 is 0.786 bits per heavy atom. The molecule has 2 N–H and O–H groups in total. The minimum Gasteiger partial charge on any atom is -0.297 e. The van der Waals surface area contributed by atoms with Crippen molar-refractivity contribution in [3.63, 3.8) is 0 Å². The Morgan fingerprint density at radius 3 is 1.21 bits per heavy atom. The number of rotatable bonds is 0. The van der Waals surface area contributed by atoms with Crippen LogP contribution in [-0.4, -0.2) is 18.8 Å². The van der Waals surface area contributed by atoms with E-state index in [1.54, 1.807) is 0 Å². The molecule has 1 aliphatic rings. The van der Waals surface area contributed by atoms with Crippen LogP contribution in [-0.2, 0) is 0 Å². The molecule has 86 valence electrons. The molecule has 2 nitrogen and oxygen atoms in total. The SMILES string of the molecule is CC(C)(C)C1(C(C)(C)C)NCCN1.Cl. The Hall–Kier alpha value is 0.210. The van der Waals surface area contributed by atoms with Crippen LogP contribution in [0.1, 0.15) is 41.5 Å². The average Bonchev–Trinajstić information content (AvgIpc) is 2.28. The molecule has 1 fully saturated rings. The second-order valence-corrected chi connectivity index (χ2v) is 6.10. The summed E-state index contributed by atoms with van der Waals surface area (Å²) in [4.78, 5) is 0. The average molecular weight is 221 g/mol.